The van der Waals surface area contributed by atoms with E-state index in [9.17, 15) is 9.59 Å². The molecule has 0 saturated carbocycles. The van der Waals surface area contributed by atoms with Crippen LogP contribution in [0, 0.1) is 0 Å². The molecule has 0 unspecified atom stereocenters. The highest BCUT2D eigenvalue weighted by atomic mass is 35.5. The second kappa shape index (κ2) is 8.64. The van der Waals surface area contributed by atoms with Crippen molar-refractivity contribution >= 4 is 35.1 Å². The SMILES string of the molecule is O=C(CSc1nnc(CNC(=O)c2ccccc2)o1)c1ccc(Cl)cc1. The van der Waals surface area contributed by atoms with E-state index in [-0.39, 0.29) is 35.1 Å². The van der Waals surface area contributed by atoms with Crippen LogP contribution in [0.3, 0.4) is 0 Å². The first kappa shape index (κ1) is 18.2. The van der Waals surface area contributed by atoms with Gasteiger partial charge in [-0.15, -0.1) is 10.2 Å². The average molecular weight is 388 g/mol. The number of thioether (sulfide) groups is 1. The lowest BCUT2D eigenvalue weighted by atomic mass is 10.1. The standard InChI is InChI=1S/C18H14ClN3O3S/c19-14-8-6-12(7-9-14)15(23)11-26-18-22-21-16(25-18)10-20-17(24)13-4-2-1-3-5-13/h1-9H,10-11H2,(H,20,24). The lowest BCUT2D eigenvalue weighted by Gasteiger charge is -2.01. The Kier molecular flexibility index (Phi) is 6.04. The van der Waals surface area contributed by atoms with Gasteiger partial charge >= 0.3 is 0 Å². The summed E-state index contributed by atoms with van der Waals surface area (Å²) >= 11 is 6.95. The number of carbonyl (C=O) groups excluding carboxylic acids is 2. The van der Waals surface area contributed by atoms with Gasteiger partial charge in [-0.05, 0) is 36.4 Å². The summed E-state index contributed by atoms with van der Waals surface area (Å²) in [4.78, 5) is 24.1. The monoisotopic (exact) mass is 387 g/mol. The van der Waals surface area contributed by atoms with Crippen LogP contribution in [-0.4, -0.2) is 27.6 Å². The van der Waals surface area contributed by atoms with Crippen molar-refractivity contribution in [3.63, 3.8) is 0 Å². The molecule has 0 aliphatic rings. The van der Waals surface area contributed by atoms with Gasteiger partial charge in [-0.25, -0.2) is 0 Å². The van der Waals surface area contributed by atoms with Crippen LogP contribution in [0.1, 0.15) is 26.6 Å². The zero-order chi connectivity index (χ0) is 18.4. The van der Waals surface area contributed by atoms with Gasteiger partial charge in [0.1, 0.15) is 0 Å². The molecule has 8 heteroatoms. The van der Waals surface area contributed by atoms with Crippen LogP contribution in [0.25, 0.3) is 0 Å². The van der Waals surface area contributed by atoms with Gasteiger partial charge in [0, 0.05) is 16.1 Å². The van der Waals surface area contributed by atoms with Crippen molar-refractivity contribution in [1.82, 2.24) is 15.5 Å². The van der Waals surface area contributed by atoms with E-state index in [2.05, 4.69) is 15.5 Å². The van der Waals surface area contributed by atoms with Crippen molar-refractivity contribution < 1.29 is 14.0 Å². The van der Waals surface area contributed by atoms with Crippen LogP contribution in [0.5, 0.6) is 0 Å². The number of hydrogen-bond donors (Lipinski definition) is 1. The van der Waals surface area contributed by atoms with Crippen LogP contribution < -0.4 is 5.32 Å². The predicted molar refractivity (Wildman–Crippen MR) is 98.4 cm³/mol. The highest BCUT2D eigenvalue weighted by Gasteiger charge is 2.12. The van der Waals surface area contributed by atoms with Crippen molar-refractivity contribution in [2.45, 2.75) is 11.8 Å². The number of nitrogens with one attached hydrogen (secondary N) is 1. The van der Waals surface area contributed by atoms with E-state index in [0.29, 0.717) is 16.1 Å². The summed E-state index contributed by atoms with van der Waals surface area (Å²) in [6.45, 7) is 0.117. The number of ketones is 1. The molecule has 1 heterocycles. The molecule has 0 saturated heterocycles. The second-order valence-corrected chi connectivity index (χ2v) is 6.59. The molecule has 3 aromatic rings. The zero-order valence-corrected chi connectivity index (χ0v) is 15.1. The van der Waals surface area contributed by atoms with Gasteiger partial charge in [0.2, 0.25) is 5.89 Å². The Labute approximate surface area is 159 Å². The third-order valence-corrected chi connectivity index (χ3v) is 4.45. The summed E-state index contributed by atoms with van der Waals surface area (Å²) in [6.07, 6.45) is 0. The minimum Gasteiger partial charge on any atom is -0.414 e. The lowest BCUT2D eigenvalue weighted by molar-refractivity contribution is 0.0946. The zero-order valence-electron chi connectivity index (χ0n) is 13.5. The first-order chi connectivity index (χ1) is 12.6. The Balaban J connectivity index is 1.49. The third-order valence-electron chi connectivity index (χ3n) is 3.38. The van der Waals surface area contributed by atoms with Crippen LogP contribution in [0.4, 0.5) is 0 Å². The largest absolute Gasteiger partial charge is 0.414 e. The number of hydrogen-bond acceptors (Lipinski definition) is 6. The lowest BCUT2D eigenvalue weighted by Crippen LogP contribution is -2.22. The summed E-state index contributed by atoms with van der Waals surface area (Å²) in [6, 6.07) is 15.5. The van der Waals surface area contributed by atoms with Gasteiger partial charge in [0.05, 0.1) is 12.3 Å². The number of amides is 1. The van der Waals surface area contributed by atoms with Crippen molar-refractivity contribution in [2.24, 2.45) is 0 Å². The van der Waals surface area contributed by atoms with Gasteiger partial charge in [0.15, 0.2) is 5.78 Å². The van der Waals surface area contributed by atoms with E-state index in [4.69, 9.17) is 16.0 Å². The summed E-state index contributed by atoms with van der Waals surface area (Å²) in [5, 5.41) is 11.3. The Morgan fingerprint density at radius 2 is 1.73 bits per heavy atom. The number of carbonyl (C=O) groups is 2. The van der Waals surface area contributed by atoms with Gasteiger partial charge in [0.25, 0.3) is 11.1 Å². The molecule has 3 rings (SSSR count). The number of halogens is 1. The number of benzene rings is 2. The van der Waals surface area contributed by atoms with Crippen LogP contribution >= 0.6 is 23.4 Å². The van der Waals surface area contributed by atoms with Crippen LogP contribution in [-0.2, 0) is 6.54 Å². The van der Waals surface area contributed by atoms with E-state index in [1.54, 1.807) is 48.5 Å². The van der Waals surface area contributed by atoms with Gasteiger partial charge in [-0.2, -0.15) is 0 Å². The van der Waals surface area contributed by atoms with Gasteiger partial charge in [-0.1, -0.05) is 41.6 Å². The van der Waals surface area contributed by atoms with E-state index < -0.39 is 0 Å². The molecule has 0 aliphatic carbocycles. The maximum absolute atomic E-state index is 12.1. The normalized spacial score (nSPS) is 10.5. The maximum atomic E-state index is 12.1. The number of nitrogens with zero attached hydrogens (tertiary/aromatic N) is 2. The van der Waals surface area contributed by atoms with Gasteiger partial charge < -0.3 is 9.73 Å². The molecule has 0 spiro atoms. The summed E-state index contributed by atoms with van der Waals surface area (Å²) in [5.41, 5.74) is 1.12. The maximum Gasteiger partial charge on any atom is 0.277 e. The Bertz CT molecular complexity index is 898. The molecule has 1 amide bonds. The number of Topliss-reactive ketones (excluding diaryl/α,β-unsaturated/α-hetero) is 1. The van der Waals surface area contributed by atoms with Crippen molar-refractivity contribution in [2.75, 3.05) is 5.75 Å². The molecule has 132 valence electrons. The molecule has 0 bridgehead atoms. The molecule has 6 nitrogen and oxygen atoms in total. The van der Waals surface area contributed by atoms with Crippen molar-refractivity contribution in [3.05, 3.63) is 76.6 Å². The minimum atomic E-state index is -0.226. The Morgan fingerprint density at radius 1 is 1.00 bits per heavy atom. The smallest absolute Gasteiger partial charge is 0.277 e. The molecule has 0 atom stereocenters. The Morgan fingerprint density at radius 3 is 2.46 bits per heavy atom. The van der Waals surface area contributed by atoms with Crippen LogP contribution in [0.2, 0.25) is 5.02 Å². The van der Waals surface area contributed by atoms with Crippen molar-refractivity contribution in [1.29, 1.82) is 0 Å². The van der Waals surface area contributed by atoms with E-state index in [0.717, 1.165) is 11.8 Å². The van der Waals surface area contributed by atoms with E-state index in [1.165, 1.54) is 0 Å². The topological polar surface area (TPSA) is 85.1 Å². The highest BCUT2D eigenvalue weighted by Crippen LogP contribution is 2.18. The fraction of sp³-hybridized carbons (Fsp3) is 0.111. The summed E-state index contributed by atoms with van der Waals surface area (Å²) < 4.78 is 5.43. The minimum absolute atomic E-state index is 0.0659. The quantitative estimate of drug-likeness (QED) is 0.492. The van der Waals surface area contributed by atoms with E-state index in [1.807, 2.05) is 6.07 Å². The molecule has 0 radical (unpaired) electrons. The first-order valence-electron chi connectivity index (χ1n) is 7.69. The second-order valence-electron chi connectivity index (χ2n) is 5.23. The fourth-order valence-electron chi connectivity index (χ4n) is 2.06. The third kappa shape index (κ3) is 4.93. The fourth-order valence-corrected chi connectivity index (χ4v) is 2.86. The molecule has 1 aromatic heterocycles. The van der Waals surface area contributed by atoms with Crippen molar-refractivity contribution in [3.8, 4) is 0 Å². The number of aromatic nitrogens is 2. The molecule has 26 heavy (non-hydrogen) atoms. The Hall–Kier alpha value is -2.64. The summed E-state index contributed by atoms with van der Waals surface area (Å²) in [7, 11) is 0. The molecule has 0 aliphatic heterocycles. The average Bonchev–Trinajstić information content (AvgIpc) is 3.13. The molecular formula is C18H14ClN3O3S. The molecular weight excluding hydrogens is 374 g/mol. The summed E-state index contributed by atoms with van der Waals surface area (Å²) in [5.74, 6) is 0.148. The van der Waals surface area contributed by atoms with E-state index >= 15 is 0 Å². The molecule has 0 fully saturated rings. The molecule has 1 N–H and O–H groups in total. The van der Waals surface area contributed by atoms with Gasteiger partial charge in [-0.3, -0.25) is 9.59 Å². The first-order valence-corrected chi connectivity index (χ1v) is 9.05. The predicted octanol–water partition coefficient (Wildman–Crippen LogP) is 3.63. The molecule has 2 aromatic carbocycles. The number of rotatable bonds is 7. The van der Waals surface area contributed by atoms with Crippen LogP contribution in [0.15, 0.2) is 64.2 Å². The highest BCUT2D eigenvalue weighted by molar-refractivity contribution is 7.99.